The van der Waals surface area contributed by atoms with Crippen LogP contribution in [0, 0.1) is 11.3 Å². The molecule has 0 spiro atoms. The summed E-state index contributed by atoms with van der Waals surface area (Å²) >= 11 is 0. The van der Waals surface area contributed by atoms with Crippen LogP contribution < -0.4 is 10.2 Å². The lowest BCUT2D eigenvalue weighted by Gasteiger charge is -2.39. The zero-order valence-electron chi connectivity index (χ0n) is 11.1. The van der Waals surface area contributed by atoms with Crippen molar-refractivity contribution in [2.24, 2.45) is 0 Å². The minimum atomic E-state index is 0.571. The van der Waals surface area contributed by atoms with E-state index in [0.29, 0.717) is 6.04 Å². The Balaban J connectivity index is 2.16. The van der Waals surface area contributed by atoms with Crippen LogP contribution in [0.5, 0.6) is 0 Å². The lowest BCUT2D eigenvalue weighted by Crippen LogP contribution is -2.57. The van der Waals surface area contributed by atoms with E-state index in [9.17, 15) is 5.26 Å². The smallest absolute Gasteiger partial charge is 0.0998 e. The molecule has 3 heteroatoms. The van der Waals surface area contributed by atoms with Crippen molar-refractivity contribution < 1.29 is 0 Å². The van der Waals surface area contributed by atoms with E-state index in [1.165, 1.54) is 11.1 Å². The van der Waals surface area contributed by atoms with Gasteiger partial charge in [-0.15, -0.1) is 0 Å². The minimum absolute atomic E-state index is 0.571. The van der Waals surface area contributed by atoms with Gasteiger partial charge in [-0.05, 0) is 19.1 Å². The molecule has 3 nitrogen and oxygen atoms in total. The van der Waals surface area contributed by atoms with Crippen molar-refractivity contribution in [2.75, 3.05) is 24.5 Å². The summed E-state index contributed by atoms with van der Waals surface area (Å²) in [4.78, 5) is 2.43. The van der Waals surface area contributed by atoms with E-state index < -0.39 is 0 Å². The van der Waals surface area contributed by atoms with Gasteiger partial charge in [-0.2, -0.15) is 5.26 Å². The summed E-state index contributed by atoms with van der Waals surface area (Å²) in [6, 6.07) is 15.1. The van der Waals surface area contributed by atoms with E-state index in [1.807, 2.05) is 24.3 Å². The number of nitrogens with zero attached hydrogens (tertiary/aromatic N) is 2. The quantitative estimate of drug-likeness (QED) is 0.911. The third kappa shape index (κ3) is 1.94. The molecule has 19 heavy (non-hydrogen) atoms. The Morgan fingerprint density at radius 3 is 2.53 bits per heavy atom. The second-order valence-corrected chi connectivity index (χ2v) is 4.89. The fraction of sp³-hybridized carbons (Fsp3) is 0.312. The average Bonchev–Trinajstić information content (AvgIpc) is 2.41. The first kappa shape index (κ1) is 12.0. The summed E-state index contributed by atoms with van der Waals surface area (Å²) in [5.41, 5.74) is 1.99. The maximum Gasteiger partial charge on any atom is 0.0998 e. The van der Waals surface area contributed by atoms with Crippen molar-refractivity contribution in [1.82, 2.24) is 5.32 Å². The van der Waals surface area contributed by atoms with Crippen molar-refractivity contribution in [3.8, 4) is 6.07 Å². The van der Waals surface area contributed by atoms with Crippen LogP contribution in [0.2, 0.25) is 0 Å². The molecule has 1 N–H and O–H groups in total. The van der Waals surface area contributed by atoms with Gasteiger partial charge in [0.15, 0.2) is 0 Å². The first-order valence-electron chi connectivity index (χ1n) is 6.74. The fourth-order valence-electron chi connectivity index (χ4n) is 2.75. The van der Waals surface area contributed by atoms with Crippen LogP contribution in [0.1, 0.15) is 12.5 Å². The number of rotatable bonds is 3. The van der Waals surface area contributed by atoms with Gasteiger partial charge >= 0.3 is 0 Å². The minimum Gasteiger partial charge on any atom is -0.366 e. The van der Waals surface area contributed by atoms with Crippen LogP contribution in [0.25, 0.3) is 10.8 Å². The maximum absolute atomic E-state index is 9.22. The van der Waals surface area contributed by atoms with Crippen LogP contribution in [-0.4, -0.2) is 25.7 Å². The SMILES string of the molecule is CCN(c1ccc(C#N)c2ccccc12)C1CNC1. The number of anilines is 1. The van der Waals surface area contributed by atoms with E-state index >= 15 is 0 Å². The Labute approximate surface area is 113 Å². The highest BCUT2D eigenvalue weighted by Gasteiger charge is 2.24. The lowest BCUT2D eigenvalue weighted by molar-refractivity contribution is 0.418. The second kappa shape index (κ2) is 4.91. The first-order chi connectivity index (χ1) is 9.35. The molecule has 1 aliphatic rings. The van der Waals surface area contributed by atoms with E-state index in [4.69, 9.17) is 0 Å². The van der Waals surface area contributed by atoms with Gasteiger partial charge < -0.3 is 10.2 Å². The van der Waals surface area contributed by atoms with Gasteiger partial charge in [0.25, 0.3) is 0 Å². The molecular formula is C16H17N3. The normalized spacial score (nSPS) is 14.9. The van der Waals surface area contributed by atoms with E-state index in [2.05, 4.69) is 35.3 Å². The molecule has 0 aliphatic carbocycles. The number of nitriles is 1. The van der Waals surface area contributed by atoms with E-state index in [1.54, 1.807) is 0 Å². The van der Waals surface area contributed by atoms with Gasteiger partial charge in [-0.25, -0.2) is 0 Å². The summed E-state index contributed by atoms with van der Waals surface area (Å²) in [6.45, 7) is 5.26. The van der Waals surface area contributed by atoms with Crippen LogP contribution in [0.15, 0.2) is 36.4 Å². The molecule has 1 fully saturated rings. The molecule has 96 valence electrons. The maximum atomic E-state index is 9.22. The largest absolute Gasteiger partial charge is 0.366 e. The number of nitrogens with one attached hydrogen (secondary N) is 1. The molecule has 2 aromatic carbocycles. The van der Waals surface area contributed by atoms with Crippen LogP contribution in [0.4, 0.5) is 5.69 Å². The molecule has 1 saturated heterocycles. The third-order valence-corrected chi connectivity index (χ3v) is 3.87. The van der Waals surface area contributed by atoms with E-state index in [0.717, 1.165) is 30.6 Å². The van der Waals surface area contributed by atoms with Crippen LogP contribution >= 0.6 is 0 Å². The van der Waals surface area contributed by atoms with Gasteiger partial charge in [-0.3, -0.25) is 0 Å². The fourth-order valence-corrected chi connectivity index (χ4v) is 2.75. The Kier molecular flexibility index (Phi) is 3.10. The van der Waals surface area contributed by atoms with Crippen molar-refractivity contribution in [3.05, 3.63) is 42.0 Å². The first-order valence-corrected chi connectivity index (χ1v) is 6.74. The number of hydrogen-bond acceptors (Lipinski definition) is 3. The van der Waals surface area contributed by atoms with Crippen molar-refractivity contribution >= 4 is 16.5 Å². The zero-order chi connectivity index (χ0) is 13.2. The molecule has 0 atom stereocenters. The Bertz CT molecular complexity index is 638. The van der Waals surface area contributed by atoms with Gasteiger partial charge in [0.05, 0.1) is 17.7 Å². The topological polar surface area (TPSA) is 39.1 Å². The molecule has 0 amide bonds. The number of benzene rings is 2. The molecule has 0 unspecified atom stereocenters. The molecule has 1 heterocycles. The highest BCUT2D eigenvalue weighted by Crippen LogP contribution is 2.30. The standard InChI is InChI=1S/C16H17N3/c1-2-19(13-10-18-11-13)16-8-7-12(9-17)14-5-3-4-6-15(14)16/h3-8,13,18H,2,10-11H2,1H3. The zero-order valence-corrected chi connectivity index (χ0v) is 11.1. The molecule has 0 aromatic heterocycles. The summed E-state index contributed by atoms with van der Waals surface area (Å²) in [6.07, 6.45) is 0. The van der Waals surface area contributed by atoms with Crippen LogP contribution in [-0.2, 0) is 0 Å². The summed E-state index contributed by atoms with van der Waals surface area (Å²) in [5.74, 6) is 0. The molecule has 0 saturated carbocycles. The lowest BCUT2D eigenvalue weighted by atomic mass is 10.0. The summed E-state index contributed by atoms with van der Waals surface area (Å²) in [7, 11) is 0. The van der Waals surface area contributed by atoms with Gasteiger partial charge in [0.1, 0.15) is 0 Å². The number of likely N-dealkylation sites (N-methyl/N-ethyl adjacent to an activating group) is 1. The summed E-state index contributed by atoms with van der Waals surface area (Å²) in [5, 5.41) is 14.8. The molecule has 1 aliphatic heterocycles. The van der Waals surface area contributed by atoms with Gasteiger partial charge in [0, 0.05) is 36.1 Å². The highest BCUT2D eigenvalue weighted by atomic mass is 15.2. The van der Waals surface area contributed by atoms with Crippen molar-refractivity contribution in [2.45, 2.75) is 13.0 Å². The summed E-state index contributed by atoms with van der Waals surface area (Å²) < 4.78 is 0. The third-order valence-electron chi connectivity index (χ3n) is 3.87. The second-order valence-electron chi connectivity index (χ2n) is 4.89. The van der Waals surface area contributed by atoms with Gasteiger partial charge in [-0.1, -0.05) is 24.3 Å². The van der Waals surface area contributed by atoms with E-state index in [-0.39, 0.29) is 0 Å². The monoisotopic (exact) mass is 251 g/mol. The molecule has 2 aromatic rings. The Hall–Kier alpha value is -2.05. The van der Waals surface area contributed by atoms with Crippen molar-refractivity contribution in [3.63, 3.8) is 0 Å². The Morgan fingerprint density at radius 1 is 1.21 bits per heavy atom. The molecule has 0 radical (unpaired) electrons. The average molecular weight is 251 g/mol. The molecule has 0 bridgehead atoms. The molecular weight excluding hydrogens is 234 g/mol. The van der Waals surface area contributed by atoms with Gasteiger partial charge in [0.2, 0.25) is 0 Å². The highest BCUT2D eigenvalue weighted by molar-refractivity contribution is 5.98. The van der Waals surface area contributed by atoms with Crippen LogP contribution in [0.3, 0.4) is 0 Å². The predicted octanol–water partition coefficient (Wildman–Crippen LogP) is 2.51. The number of fused-ring (bicyclic) bond motifs is 1. The Morgan fingerprint density at radius 2 is 1.95 bits per heavy atom. The van der Waals surface area contributed by atoms with Crippen molar-refractivity contribution in [1.29, 1.82) is 5.26 Å². The molecule has 3 rings (SSSR count). The number of hydrogen-bond donors (Lipinski definition) is 1. The predicted molar refractivity (Wildman–Crippen MR) is 78.3 cm³/mol.